The number of halogens is 1. The van der Waals surface area contributed by atoms with E-state index in [0.29, 0.717) is 16.9 Å². The molecule has 0 bridgehead atoms. The Morgan fingerprint density at radius 3 is 2.87 bits per heavy atom. The first kappa shape index (κ1) is 11.2. The molecular formula is C10H6ClNO3. The Kier molecular flexibility index (Phi) is 3.83. The largest absolute Gasteiger partial charge is 0.302 e. The lowest BCUT2D eigenvalue weighted by Gasteiger charge is -1.95. The van der Waals surface area contributed by atoms with Crippen LogP contribution in [0.2, 0.25) is 5.02 Å². The van der Waals surface area contributed by atoms with Crippen LogP contribution in [-0.4, -0.2) is 11.2 Å². The molecule has 0 radical (unpaired) electrons. The van der Waals surface area contributed by atoms with E-state index in [2.05, 4.69) is 11.8 Å². The standard InChI is InChI=1S/C10H6ClNO3/c11-10-5-4-9(12(14)15)7-8(10)3-1-2-6-13/h4-7H,2H2. The van der Waals surface area contributed by atoms with Crippen LogP contribution in [0.3, 0.4) is 0 Å². The number of hydrogen-bond acceptors (Lipinski definition) is 3. The van der Waals surface area contributed by atoms with E-state index in [4.69, 9.17) is 11.6 Å². The quantitative estimate of drug-likeness (QED) is 0.334. The second kappa shape index (κ2) is 5.13. The first-order chi connectivity index (χ1) is 7.15. The third kappa shape index (κ3) is 3.08. The van der Waals surface area contributed by atoms with Crippen molar-refractivity contribution in [2.75, 3.05) is 0 Å². The van der Waals surface area contributed by atoms with E-state index in [9.17, 15) is 14.9 Å². The first-order valence-corrected chi connectivity index (χ1v) is 4.39. The minimum Gasteiger partial charge on any atom is -0.302 e. The van der Waals surface area contributed by atoms with Crippen LogP contribution in [0.15, 0.2) is 18.2 Å². The molecule has 5 heteroatoms. The molecule has 0 spiro atoms. The zero-order valence-corrected chi connectivity index (χ0v) is 8.32. The highest BCUT2D eigenvalue weighted by Gasteiger charge is 2.07. The summed E-state index contributed by atoms with van der Waals surface area (Å²) in [5.74, 6) is 5.12. The van der Waals surface area contributed by atoms with Crippen LogP contribution in [0, 0.1) is 22.0 Å². The summed E-state index contributed by atoms with van der Waals surface area (Å²) >= 11 is 5.77. The fourth-order valence-electron chi connectivity index (χ4n) is 0.911. The third-order valence-electron chi connectivity index (χ3n) is 1.57. The highest BCUT2D eigenvalue weighted by atomic mass is 35.5. The van der Waals surface area contributed by atoms with Gasteiger partial charge in [-0.25, -0.2) is 0 Å². The summed E-state index contributed by atoms with van der Waals surface area (Å²) in [7, 11) is 0. The molecule has 1 aromatic carbocycles. The molecule has 0 saturated heterocycles. The van der Waals surface area contributed by atoms with Crippen LogP contribution in [0.5, 0.6) is 0 Å². The monoisotopic (exact) mass is 223 g/mol. The van der Waals surface area contributed by atoms with Crippen LogP contribution in [-0.2, 0) is 4.79 Å². The van der Waals surface area contributed by atoms with Crippen LogP contribution < -0.4 is 0 Å². The number of rotatable bonds is 2. The van der Waals surface area contributed by atoms with Crippen LogP contribution in [0.25, 0.3) is 0 Å². The maximum atomic E-state index is 10.5. The lowest BCUT2D eigenvalue weighted by Crippen LogP contribution is -1.88. The molecule has 1 aromatic rings. The van der Waals surface area contributed by atoms with Crippen molar-refractivity contribution in [3.8, 4) is 11.8 Å². The van der Waals surface area contributed by atoms with Crippen molar-refractivity contribution >= 4 is 23.6 Å². The maximum Gasteiger partial charge on any atom is 0.270 e. The van der Waals surface area contributed by atoms with Crippen molar-refractivity contribution in [1.29, 1.82) is 0 Å². The Morgan fingerprint density at radius 1 is 1.53 bits per heavy atom. The Hall–Kier alpha value is -1.86. The molecule has 0 aliphatic rings. The second-order valence-corrected chi connectivity index (χ2v) is 3.00. The van der Waals surface area contributed by atoms with Gasteiger partial charge in [0.05, 0.1) is 16.4 Å². The molecule has 0 heterocycles. The minimum absolute atomic E-state index is 0.0743. The van der Waals surface area contributed by atoms with Crippen LogP contribution in [0.1, 0.15) is 12.0 Å². The minimum atomic E-state index is -0.527. The number of carbonyl (C=O) groups is 1. The lowest BCUT2D eigenvalue weighted by molar-refractivity contribution is -0.384. The third-order valence-corrected chi connectivity index (χ3v) is 1.90. The summed E-state index contributed by atoms with van der Waals surface area (Å²) in [6.45, 7) is 0. The molecule has 1 rings (SSSR count). The maximum absolute atomic E-state index is 10.5. The molecule has 0 amide bonds. The average Bonchev–Trinajstić information content (AvgIpc) is 2.20. The van der Waals surface area contributed by atoms with Gasteiger partial charge in [0.1, 0.15) is 6.29 Å². The molecule has 0 fully saturated rings. The highest BCUT2D eigenvalue weighted by Crippen LogP contribution is 2.20. The van der Waals surface area contributed by atoms with Gasteiger partial charge in [0.25, 0.3) is 5.69 Å². The predicted molar refractivity (Wildman–Crippen MR) is 55.7 cm³/mol. The molecular weight excluding hydrogens is 218 g/mol. The van der Waals surface area contributed by atoms with Gasteiger partial charge in [0.2, 0.25) is 0 Å². The lowest BCUT2D eigenvalue weighted by atomic mass is 10.2. The van der Waals surface area contributed by atoms with Gasteiger partial charge in [-0.2, -0.15) is 0 Å². The number of hydrogen-bond donors (Lipinski definition) is 0. The van der Waals surface area contributed by atoms with Crippen molar-refractivity contribution in [3.63, 3.8) is 0 Å². The van der Waals surface area contributed by atoms with Gasteiger partial charge < -0.3 is 4.79 Å². The van der Waals surface area contributed by atoms with Crippen molar-refractivity contribution < 1.29 is 9.72 Å². The smallest absolute Gasteiger partial charge is 0.270 e. The molecule has 0 aliphatic heterocycles. The Balaban J connectivity index is 3.07. The number of nitro benzene ring substituents is 1. The van der Waals surface area contributed by atoms with Gasteiger partial charge in [-0.05, 0) is 6.07 Å². The second-order valence-electron chi connectivity index (χ2n) is 2.59. The predicted octanol–water partition coefficient (Wildman–Crippen LogP) is 2.19. The van der Waals surface area contributed by atoms with Gasteiger partial charge in [0.15, 0.2) is 0 Å². The van der Waals surface area contributed by atoms with Crippen molar-refractivity contribution in [1.82, 2.24) is 0 Å². The molecule has 76 valence electrons. The van der Waals surface area contributed by atoms with E-state index in [-0.39, 0.29) is 12.1 Å². The Labute approximate surface area is 91.0 Å². The van der Waals surface area contributed by atoms with E-state index >= 15 is 0 Å². The van der Waals surface area contributed by atoms with Crippen molar-refractivity contribution in [3.05, 3.63) is 38.9 Å². The van der Waals surface area contributed by atoms with E-state index in [1.807, 2.05) is 0 Å². The molecule has 4 nitrogen and oxygen atoms in total. The van der Waals surface area contributed by atoms with E-state index in [0.717, 1.165) is 0 Å². The zero-order valence-electron chi connectivity index (χ0n) is 7.57. The molecule has 0 unspecified atom stereocenters. The van der Waals surface area contributed by atoms with Crippen molar-refractivity contribution in [2.45, 2.75) is 6.42 Å². The van der Waals surface area contributed by atoms with Gasteiger partial charge in [-0.3, -0.25) is 10.1 Å². The fourth-order valence-corrected chi connectivity index (χ4v) is 1.08. The summed E-state index contributed by atoms with van der Waals surface area (Å²) in [6.07, 6.45) is 0.733. The average molecular weight is 224 g/mol. The summed E-state index contributed by atoms with van der Waals surface area (Å²) in [5.41, 5.74) is 0.280. The fraction of sp³-hybridized carbons (Fsp3) is 0.100. The van der Waals surface area contributed by atoms with Gasteiger partial charge >= 0.3 is 0 Å². The highest BCUT2D eigenvalue weighted by molar-refractivity contribution is 6.31. The van der Waals surface area contributed by atoms with Gasteiger partial charge in [-0.1, -0.05) is 23.4 Å². The van der Waals surface area contributed by atoms with Crippen LogP contribution >= 0.6 is 11.6 Å². The SMILES string of the molecule is O=CCC#Cc1cc([N+](=O)[O-])ccc1Cl. The normalized spacial score (nSPS) is 8.87. The molecule has 0 N–H and O–H groups in total. The molecule has 0 aromatic heterocycles. The number of benzene rings is 1. The van der Waals surface area contributed by atoms with Gasteiger partial charge in [0, 0.05) is 17.7 Å². The summed E-state index contributed by atoms with van der Waals surface area (Å²) < 4.78 is 0. The number of nitrogens with zero attached hydrogens (tertiary/aromatic N) is 1. The topological polar surface area (TPSA) is 60.2 Å². The molecule has 15 heavy (non-hydrogen) atoms. The Bertz CT molecular complexity index is 459. The molecule has 0 saturated carbocycles. The van der Waals surface area contributed by atoms with Crippen molar-refractivity contribution in [2.24, 2.45) is 0 Å². The summed E-state index contributed by atoms with van der Waals surface area (Å²) in [4.78, 5) is 19.9. The number of carbonyl (C=O) groups excluding carboxylic acids is 1. The summed E-state index contributed by atoms with van der Waals surface area (Å²) in [5, 5.41) is 10.8. The van der Waals surface area contributed by atoms with E-state index < -0.39 is 4.92 Å². The number of aldehydes is 1. The zero-order chi connectivity index (χ0) is 11.3. The molecule has 0 atom stereocenters. The van der Waals surface area contributed by atoms with E-state index in [1.165, 1.54) is 18.2 Å². The molecule has 0 aliphatic carbocycles. The number of nitro groups is 1. The number of non-ortho nitro benzene ring substituents is 1. The van der Waals surface area contributed by atoms with E-state index in [1.54, 1.807) is 0 Å². The summed E-state index contributed by atoms with van der Waals surface area (Å²) in [6, 6.07) is 3.98. The van der Waals surface area contributed by atoms with Crippen LogP contribution in [0.4, 0.5) is 5.69 Å². The first-order valence-electron chi connectivity index (χ1n) is 4.01. The Morgan fingerprint density at radius 2 is 2.27 bits per heavy atom. The van der Waals surface area contributed by atoms with Gasteiger partial charge in [-0.15, -0.1) is 0 Å².